The number of piperidine rings is 1. The van der Waals surface area contributed by atoms with Crippen LogP contribution in [0.3, 0.4) is 0 Å². The molecule has 1 aliphatic rings. The van der Waals surface area contributed by atoms with Crippen LogP contribution in [0.4, 0.5) is 24.7 Å². The van der Waals surface area contributed by atoms with Crippen molar-refractivity contribution >= 4 is 17.4 Å². The van der Waals surface area contributed by atoms with Crippen molar-refractivity contribution in [3.63, 3.8) is 0 Å². The smallest absolute Gasteiger partial charge is 0.406 e. The number of nitrogens with zero attached hydrogens (tertiary/aromatic N) is 4. The number of methoxy groups -OCH3 is 1. The average Bonchev–Trinajstić information content (AvgIpc) is 2.71. The fourth-order valence-corrected chi connectivity index (χ4v) is 3.19. The van der Waals surface area contributed by atoms with Crippen LogP contribution in [0.15, 0.2) is 36.7 Å². The van der Waals surface area contributed by atoms with Gasteiger partial charge in [0.15, 0.2) is 0 Å². The first-order valence-electron chi connectivity index (χ1n) is 8.97. The van der Waals surface area contributed by atoms with E-state index >= 15 is 0 Å². The third kappa shape index (κ3) is 4.71. The molecule has 0 aliphatic carbocycles. The van der Waals surface area contributed by atoms with E-state index in [2.05, 4.69) is 9.97 Å². The molecule has 0 bridgehead atoms. The second-order valence-corrected chi connectivity index (χ2v) is 6.49. The van der Waals surface area contributed by atoms with Gasteiger partial charge in [-0.2, -0.15) is 13.2 Å². The molecular weight excluding hydrogens is 373 g/mol. The summed E-state index contributed by atoms with van der Waals surface area (Å²) in [6.07, 6.45) is 1.03. The van der Waals surface area contributed by atoms with Crippen molar-refractivity contribution in [2.75, 3.05) is 36.5 Å². The Morgan fingerprint density at radius 3 is 2.57 bits per heavy atom. The predicted molar refractivity (Wildman–Crippen MR) is 98.8 cm³/mol. The highest BCUT2D eigenvalue weighted by Crippen LogP contribution is 2.30. The van der Waals surface area contributed by atoms with Gasteiger partial charge in [0.25, 0.3) is 5.91 Å². The molecule has 1 aliphatic heterocycles. The molecule has 0 atom stereocenters. The number of hydrogen-bond acceptors (Lipinski definition) is 5. The van der Waals surface area contributed by atoms with Gasteiger partial charge in [0.2, 0.25) is 5.88 Å². The number of carbonyl (C=O) groups is 1. The van der Waals surface area contributed by atoms with Crippen molar-refractivity contribution in [3.8, 4) is 5.88 Å². The lowest BCUT2D eigenvalue weighted by atomic mass is 10.1. The van der Waals surface area contributed by atoms with Gasteiger partial charge in [0.1, 0.15) is 12.4 Å². The normalized spacial score (nSPS) is 14.6. The van der Waals surface area contributed by atoms with Gasteiger partial charge in [-0.1, -0.05) is 6.07 Å². The largest absolute Gasteiger partial charge is 0.481 e. The third-order valence-corrected chi connectivity index (χ3v) is 4.50. The SMILES string of the molecule is COc1cc(N2CCCCC2)c(C(=O)N(CC(F)(F)F)c2ccccn2)cn1. The van der Waals surface area contributed by atoms with Gasteiger partial charge in [-0.25, -0.2) is 9.97 Å². The van der Waals surface area contributed by atoms with Crippen LogP contribution < -0.4 is 14.5 Å². The Morgan fingerprint density at radius 1 is 1.21 bits per heavy atom. The molecule has 6 nitrogen and oxygen atoms in total. The maximum Gasteiger partial charge on any atom is 0.406 e. The number of carbonyl (C=O) groups excluding carboxylic acids is 1. The number of pyridine rings is 2. The molecule has 0 aromatic carbocycles. The number of rotatable bonds is 5. The van der Waals surface area contributed by atoms with Gasteiger partial charge < -0.3 is 9.64 Å². The lowest BCUT2D eigenvalue weighted by molar-refractivity contribution is -0.118. The van der Waals surface area contributed by atoms with Crippen molar-refractivity contribution in [2.45, 2.75) is 25.4 Å². The first kappa shape index (κ1) is 19.9. The first-order valence-corrected chi connectivity index (χ1v) is 8.97. The molecule has 9 heteroatoms. The molecule has 1 saturated heterocycles. The van der Waals surface area contributed by atoms with Gasteiger partial charge >= 0.3 is 6.18 Å². The number of anilines is 2. The monoisotopic (exact) mass is 394 g/mol. The van der Waals surface area contributed by atoms with Crippen LogP contribution in [0.2, 0.25) is 0 Å². The van der Waals surface area contributed by atoms with Crippen molar-refractivity contribution < 1.29 is 22.7 Å². The van der Waals surface area contributed by atoms with Crippen LogP contribution in [-0.2, 0) is 0 Å². The van der Waals surface area contributed by atoms with Crippen LogP contribution in [0.25, 0.3) is 0 Å². The fourth-order valence-electron chi connectivity index (χ4n) is 3.19. The number of alkyl halides is 3. The molecule has 1 amide bonds. The summed E-state index contributed by atoms with van der Waals surface area (Å²) in [6, 6.07) is 6.09. The summed E-state index contributed by atoms with van der Waals surface area (Å²) >= 11 is 0. The van der Waals surface area contributed by atoms with Gasteiger partial charge in [0.05, 0.1) is 18.4 Å². The fraction of sp³-hybridized carbons (Fsp3) is 0.421. The molecule has 0 radical (unpaired) electrons. The molecule has 1 fully saturated rings. The second-order valence-electron chi connectivity index (χ2n) is 6.49. The average molecular weight is 394 g/mol. The van der Waals surface area contributed by atoms with Crippen LogP contribution >= 0.6 is 0 Å². The number of aromatic nitrogens is 2. The summed E-state index contributed by atoms with van der Waals surface area (Å²) in [5.41, 5.74) is 0.622. The highest BCUT2D eigenvalue weighted by atomic mass is 19.4. The Bertz CT molecular complexity index is 809. The zero-order chi connectivity index (χ0) is 20.1. The summed E-state index contributed by atoms with van der Waals surface area (Å²) in [7, 11) is 1.45. The maximum absolute atomic E-state index is 13.2. The van der Waals surface area contributed by atoms with Crippen molar-refractivity contribution in [3.05, 3.63) is 42.2 Å². The summed E-state index contributed by atoms with van der Waals surface area (Å²) in [5.74, 6) is -0.561. The van der Waals surface area contributed by atoms with E-state index in [1.54, 1.807) is 12.1 Å². The van der Waals surface area contributed by atoms with E-state index in [1.807, 2.05) is 4.90 Å². The first-order chi connectivity index (χ1) is 13.4. The Kier molecular flexibility index (Phi) is 6.01. The van der Waals surface area contributed by atoms with Crippen LogP contribution in [0.5, 0.6) is 5.88 Å². The molecule has 0 unspecified atom stereocenters. The summed E-state index contributed by atoms with van der Waals surface area (Å²) < 4.78 is 44.7. The molecule has 150 valence electrons. The van der Waals surface area contributed by atoms with E-state index in [4.69, 9.17) is 4.74 Å². The third-order valence-electron chi connectivity index (χ3n) is 4.50. The standard InChI is InChI=1S/C19H21F3N4O2/c1-28-17-11-15(25-9-5-2-6-10-25)14(12-24-17)18(27)26(13-19(20,21)22)16-7-3-4-8-23-16/h3-4,7-8,11-12H,2,5-6,9-10,13H2,1H3. The van der Waals surface area contributed by atoms with E-state index in [1.165, 1.54) is 31.6 Å². The lowest BCUT2D eigenvalue weighted by Gasteiger charge is -2.31. The van der Waals surface area contributed by atoms with E-state index < -0.39 is 18.6 Å². The maximum atomic E-state index is 13.2. The van der Waals surface area contributed by atoms with E-state index in [0.29, 0.717) is 16.5 Å². The van der Waals surface area contributed by atoms with Gasteiger partial charge in [-0.3, -0.25) is 9.69 Å². The van der Waals surface area contributed by atoms with Crippen LogP contribution in [0, 0.1) is 0 Å². The quantitative estimate of drug-likeness (QED) is 0.774. The van der Waals surface area contributed by atoms with Gasteiger partial charge in [-0.15, -0.1) is 0 Å². The molecule has 0 saturated carbocycles. The van der Waals surface area contributed by atoms with E-state index in [0.717, 1.165) is 32.4 Å². The van der Waals surface area contributed by atoms with E-state index in [-0.39, 0.29) is 11.4 Å². The Hall–Kier alpha value is -2.84. The Balaban J connectivity index is 2.02. The van der Waals surface area contributed by atoms with Crippen molar-refractivity contribution in [2.24, 2.45) is 0 Å². The molecule has 2 aromatic rings. The Morgan fingerprint density at radius 2 is 1.96 bits per heavy atom. The number of hydrogen-bond donors (Lipinski definition) is 0. The molecule has 2 aromatic heterocycles. The molecular formula is C19H21F3N4O2. The molecule has 0 N–H and O–H groups in total. The molecule has 0 spiro atoms. The highest BCUT2D eigenvalue weighted by Gasteiger charge is 2.36. The topological polar surface area (TPSA) is 58.6 Å². The van der Waals surface area contributed by atoms with Crippen LogP contribution in [-0.4, -0.2) is 48.8 Å². The summed E-state index contributed by atoms with van der Waals surface area (Å²) in [6.45, 7) is 0.000919. The predicted octanol–water partition coefficient (Wildman–Crippen LogP) is 3.68. The number of amides is 1. The molecule has 3 heterocycles. The van der Waals surface area contributed by atoms with Crippen molar-refractivity contribution in [1.29, 1.82) is 0 Å². The Labute approximate surface area is 160 Å². The molecule has 3 rings (SSSR count). The minimum absolute atomic E-state index is 0.0646. The van der Waals surface area contributed by atoms with Gasteiger partial charge in [-0.05, 0) is 31.4 Å². The minimum atomic E-state index is -4.57. The van der Waals surface area contributed by atoms with E-state index in [9.17, 15) is 18.0 Å². The summed E-state index contributed by atoms with van der Waals surface area (Å²) in [5, 5.41) is 0. The number of ether oxygens (including phenoxy) is 1. The minimum Gasteiger partial charge on any atom is -0.481 e. The number of halogens is 3. The zero-order valence-electron chi connectivity index (χ0n) is 15.4. The van der Waals surface area contributed by atoms with Crippen LogP contribution in [0.1, 0.15) is 29.6 Å². The lowest BCUT2D eigenvalue weighted by Crippen LogP contribution is -2.41. The second kappa shape index (κ2) is 8.45. The highest BCUT2D eigenvalue weighted by molar-refractivity contribution is 6.09. The van der Waals surface area contributed by atoms with Crippen molar-refractivity contribution in [1.82, 2.24) is 9.97 Å². The molecule has 28 heavy (non-hydrogen) atoms. The summed E-state index contributed by atoms with van der Waals surface area (Å²) in [4.78, 5) is 23.8. The zero-order valence-corrected chi connectivity index (χ0v) is 15.4. The van der Waals surface area contributed by atoms with Gasteiger partial charge in [0, 0.05) is 31.5 Å².